The number of hydrogen-bond acceptors (Lipinski definition) is 4. The van der Waals surface area contributed by atoms with Crippen LogP contribution in [0.15, 0.2) is 66.9 Å². The minimum Gasteiger partial charge on any atom is -0.406 e. The molecule has 1 aliphatic rings. The average Bonchev–Trinajstić information content (AvgIpc) is 3.30. The van der Waals surface area contributed by atoms with Crippen LogP contribution in [0.5, 0.6) is 5.75 Å². The predicted octanol–water partition coefficient (Wildman–Crippen LogP) is 7.12. The molecule has 5 nitrogen and oxygen atoms in total. The van der Waals surface area contributed by atoms with Gasteiger partial charge in [-0.3, -0.25) is 4.90 Å². The summed E-state index contributed by atoms with van der Waals surface area (Å²) in [7, 11) is 0. The number of aryl methyl sites for hydroxylation is 1. The number of nitrogens with two attached hydrogens (primary N) is 2. The molecule has 4 N–H and O–H groups in total. The number of aromatic nitrogens is 1. The van der Waals surface area contributed by atoms with Gasteiger partial charge in [-0.2, -0.15) is 0 Å². The summed E-state index contributed by atoms with van der Waals surface area (Å²) in [6.45, 7) is 4.29. The van der Waals surface area contributed by atoms with E-state index >= 15 is 0 Å². The van der Waals surface area contributed by atoms with E-state index in [1.54, 1.807) is 6.07 Å². The number of rotatable bonds is 10. The summed E-state index contributed by atoms with van der Waals surface area (Å²) in [5.74, 6) is 0.350. The minimum atomic E-state index is -4.76. The first-order valence-electron chi connectivity index (χ1n) is 14.1. The molecular formula is C32H36ClF3N4O. The van der Waals surface area contributed by atoms with Gasteiger partial charge >= 0.3 is 6.36 Å². The number of nitrogens with zero attached hydrogens (tertiary/aromatic N) is 2. The van der Waals surface area contributed by atoms with Crippen LogP contribution in [0.2, 0.25) is 5.02 Å². The third kappa shape index (κ3) is 7.25. The van der Waals surface area contributed by atoms with Crippen molar-refractivity contribution < 1.29 is 17.9 Å². The van der Waals surface area contributed by atoms with E-state index in [0.717, 1.165) is 78.9 Å². The Hall–Kier alpha value is -3.04. The summed E-state index contributed by atoms with van der Waals surface area (Å²) in [5.41, 5.74) is 17.6. The van der Waals surface area contributed by atoms with Crippen LogP contribution >= 0.6 is 11.6 Å². The van der Waals surface area contributed by atoms with Crippen molar-refractivity contribution in [1.29, 1.82) is 0 Å². The second-order valence-electron chi connectivity index (χ2n) is 10.8. The SMILES string of the molecule is NCCCn1cc(-c2ccc(OC(F)(F)F)cc2CN)c2cc(CN3CCC(Cc4ccccc4Cl)CC3)ccc21. The molecule has 0 aliphatic carbocycles. The monoisotopic (exact) mass is 584 g/mol. The number of halogens is 4. The quantitative estimate of drug-likeness (QED) is 0.208. The van der Waals surface area contributed by atoms with Crippen molar-refractivity contribution in [2.24, 2.45) is 17.4 Å². The number of piperidine rings is 1. The van der Waals surface area contributed by atoms with Crippen LogP contribution in [0.1, 0.15) is 36.0 Å². The van der Waals surface area contributed by atoms with Crippen molar-refractivity contribution >= 4 is 22.5 Å². The Balaban J connectivity index is 1.37. The highest BCUT2D eigenvalue weighted by Crippen LogP contribution is 2.36. The first-order chi connectivity index (χ1) is 19.7. The zero-order chi connectivity index (χ0) is 29.0. The summed E-state index contributed by atoms with van der Waals surface area (Å²) >= 11 is 6.39. The molecule has 0 radical (unpaired) electrons. The summed E-state index contributed by atoms with van der Waals surface area (Å²) in [5, 5.41) is 1.89. The molecule has 1 aliphatic heterocycles. The van der Waals surface area contributed by atoms with Crippen molar-refractivity contribution in [3.8, 4) is 16.9 Å². The molecular weight excluding hydrogens is 549 g/mol. The Morgan fingerprint density at radius 1 is 0.927 bits per heavy atom. The highest BCUT2D eigenvalue weighted by Gasteiger charge is 2.31. The van der Waals surface area contributed by atoms with Gasteiger partial charge in [0, 0.05) is 47.3 Å². The molecule has 0 amide bonds. The molecule has 1 saturated heterocycles. The second kappa shape index (κ2) is 12.9. The molecule has 1 fully saturated rings. The van der Waals surface area contributed by atoms with Crippen LogP contribution in [0, 0.1) is 5.92 Å². The third-order valence-corrected chi connectivity index (χ3v) is 8.32. The van der Waals surface area contributed by atoms with E-state index in [9.17, 15) is 13.2 Å². The zero-order valence-electron chi connectivity index (χ0n) is 23.0. The third-order valence-electron chi connectivity index (χ3n) is 7.95. The Labute approximate surface area is 243 Å². The van der Waals surface area contributed by atoms with Gasteiger partial charge in [-0.25, -0.2) is 0 Å². The molecule has 1 aromatic heterocycles. The molecule has 4 aromatic rings. The summed E-state index contributed by atoms with van der Waals surface area (Å²) in [4.78, 5) is 2.49. The fourth-order valence-electron chi connectivity index (χ4n) is 5.88. The number of alkyl halides is 3. The van der Waals surface area contributed by atoms with Crippen LogP contribution in [0.3, 0.4) is 0 Å². The maximum Gasteiger partial charge on any atom is 0.573 e. The van der Waals surface area contributed by atoms with Crippen molar-refractivity contribution in [2.45, 2.75) is 51.7 Å². The lowest BCUT2D eigenvalue weighted by Gasteiger charge is -2.32. The van der Waals surface area contributed by atoms with Gasteiger partial charge in [0.05, 0.1) is 0 Å². The lowest BCUT2D eigenvalue weighted by molar-refractivity contribution is -0.274. The molecule has 9 heteroatoms. The molecule has 0 bridgehead atoms. The van der Waals surface area contributed by atoms with E-state index in [1.807, 2.05) is 18.2 Å². The molecule has 0 saturated carbocycles. The van der Waals surface area contributed by atoms with Crippen molar-refractivity contribution in [3.05, 3.63) is 88.6 Å². The van der Waals surface area contributed by atoms with E-state index in [-0.39, 0.29) is 12.3 Å². The Bertz CT molecular complexity index is 1480. The number of fused-ring (bicyclic) bond motifs is 1. The first kappa shape index (κ1) is 29.5. The van der Waals surface area contributed by atoms with E-state index in [1.165, 1.54) is 23.3 Å². The van der Waals surface area contributed by atoms with Gasteiger partial charge in [0.2, 0.25) is 0 Å². The summed E-state index contributed by atoms with van der Waals surface area (Å²) in [6, 6.07) is 19.0. The van der Waals surface area contributed by atoms with E-state index in [2.05, 4.69) is 44.7 Å². The summed E-state index contributed by atoms with van der Waals surface area (Å²) < 4.78 is 44.8. The molecule has 41 heavy (non-hydrogen) atoms. The van der Waals surface area contributed by atoms with Gasteiger partial charge < -0.3 is 20.8 Å². The molecule has 0 spiro atoms. The van der Waals surface area contributed by atoms with E-state index in [0.29, 0.717) is 18.0 Å². The maximum atomic E-state index is 12.8. The highest BCUT2D eigenvalue weighted by molar-refractivity contribution is 6.31. The molecule has 2 heterocycles. The molecule has 3 aromatic carbocycles. The van der Waals surface area contributed by atoms with Crippen molar-refractivity contribution in [3.63, 3.8) is 0 Å². The van der Waals surface area contributed by atoms with Crippen LogP contribution in [-0.4, -0.2) is 35.5 Å². The maximum absolute atomic E-state index is 12.8. The standard InChI is InChI=1S/C32H36ClF3N4O/c33-30-5-2-1-4-24(30)16-22-10-14-39(15-11-22)20-23-6-9-31-28(17-23)29(21-40(31)13-3-12-37)27-8-7-26(18-25(27)19-38)41-32(34,35)36/h1-2,4-9,17-18,21-22H,3,10-16,19-20,37-38H2. The number of likely N-dealkylation sites (tertiary alicyclic amines) is 1. The Morgan fingerprint density at radius 3 is 2.41 bits per heavy atom. The van der Waals surface area contributed by atoms with Gasteiger partial charge in [-0.05, 0) is 104 Å². The predicted molar refractivity (Wildman–Crippen MR) is 159 cm³/mol. The smallest absolute Gasteiger partial charge is 0.406 e. The van der Waals surface area contributed by atoms with Crippen molar-refractivity contribution in [2.75, 3.05) is 19.6 Å². The fraction of sp³-hybridized carbons (Fsp3) is 0.375. The minimum absolute atomic E-state index is 0.0860. The first-order valence-corrected chi connectivity index (χ1v) is 14.5. The number of hydrogen-bond donors (Lipinski definition) is 2. The largest absolute Gasteiger partial charge is 0.573 e. The number of benzene rings is 3. The molecule has 0 unspecified atom stereocenters. The van der Waals surface area contributed by atoms with Crippen molar-refractivity contribution in [1.82, 2.24) is 9.47 Å². The van der Waals surface area contributed by atoms with Crippen LogP contribution in [-0.2, 0) is 26.1 Å². The van der Waals surface area contributed by atoms with Gasteiger partial charge in [0.25, 0.3) is 0 Å². The van der Waals surface area contributed by atoms with Crippen LogP contribution in [0.4, 0.5) is 13.2 Å². The Morgan fingerprint density at radius 2 is 1.71 bits per heavy atom. The number of ether oxygens (including phenoxy) is 1. The zero-order valence-corrected chi connectivity index (χ0v) is 23.7. The lowest BCUT2D eigenvalue weighted by Crippen LogP contribution is -2.33. The highest BCUT2D eigenvalue weighted by atomic mass is 35.5. The average molecular weight is 585 g/mol. The van der Waals surface area contributed by atoms with E-state index < -0.39 is 6.36 Å². The second-order valence-corrected chi connectivity index (χ2v) is 11.2. The normalized spacial score (nSPS) is 15.1. The lowest BCUT2D eigenvalue weighted by atomic mass is 9.90. The van der Waals surface area contributed by atoms with Gasteiger partial charge in [0.15, 0.2) is 0 Å². The van der Waals surface area contributed by atoms with Gasteiger partial charge in [0.1, 0.15) is 5.75 Å². The molecule has 5 rings (SSSR count). The molecule has 0 atom stereocenters. The summed E-state index contributed by atoms with van der Waals surface area (Å²) in [6.07, 6.45) is 1.37. The molecule has 218 valence electrons. The Kier molecular flexibility index (Phi) is 9.24. The van der Waals surface area contributed by atoms with Crippen LogP contribution < -0.4 is 16.2 Å². The van der Waals surface area contributed by atoms with E-state index in [4.69, 9.17) is 23.1 Å². The fourth-order valence-corrected chi connectivity index (χ4v) is 6.10. The topological polar surface area (TPSA) is 69.4 Å². The van der Waals surface area contributed by atoms with Gasteiger partial charge in [-0.1, -0.05) is 41.9 Å². The van der Waals surface area contributed by atoms with Gasteiger partial charge in [-0.15, -0.1) is 13.2 Å². The van der Waals surface area contributed by atoms with Crippen LogP contribution in [0.25, 0.3) is 22.0 Å².